The summed E-state index contributed by atoms with van der Waals surface area (Å²) in [4.78, 5) is 0. The maximum Gasteiger partial charge on any atom is 0.109 e. The number of aliphatic hydroxyl groups excluding tert-OH is 2. The van der Waals surface area contributed by atoms with Crippen LogP contribution < -0.4 is 0 Å². The molecule has 0 radical (unpaired) electrons. The average Bonchev–Trinajstić information content (AvgIpc) is 2.14. The van der Waals surface area contributed by atoms with Gasteiger partial charge < -0.3 is 10.2 Å². The summed E-state index contributed by atoms with van der Waals surface area (Å²) in [6, 6.07) is 2.93. The van der Waals surface area contributed by atoms with Crippen LogP contribution in [0.3, 0.4) is 0 Å². The molecule has 2 unspecified atom stereocenters. The van der Waals surface area contributed by atoms with Gasteiger partial charge in [-0.15, -0.1) is 0 Å². The van der Waals surface area contributed by atoms with Crippen molar-refractivity contribution in [2.45, 2.75) is 12.2 Å². The van der Waals surface area contributed by atoms with Crippen molar-refractivity contribution >= 4 is 50.7 Å². The Morgan fingerprint density at radius 3 is 2.00 bits per heavy atom. The SMILES string of the molecule is OC(CBr)C(O)c1c(Cl)cc(Cl)cc1Cl. The molecule has 2 N–H and O–H groups in total. The van der Waals surface area contributed by atoms with Gasteiger partial charge in [0.05, 0.1) is 6.10 Å². The highest BCUT2D eigenvalue weighted by atomic mass is 79.9. The van der Waals surface area contributed by atoms with Gasteiger partial charge in [0.2, 0.25) is 0 Å². The largest absolute Gasteiger partial charge is 0.389 e. The highest BCUT2D eigenvalue weighted by Crippen LogP contribution is 2.35. The van der Waals surface area contributed by atoms with E-state index in [0.717, 1.165) is 0 Å². The van der Waals surface area contributed by atoms with Crippen molar-refractivity contribution in [3.05, 3.63) is 32.8 Å². The Balaban J connectivity index is 3.13. The lowest BCUT2D eigenvalue weighted by Gasteiger charge is -2.18. The molecule has 6 heteroatoms. The van der Waals surface area contributed by atoms with Gasteiger partial charge >= 0.3 is 0 Å². The van der Waals surface area contributed by atoms with Crippen LogP contribution >= 0.6 is 50.7 Å². The average molecular weight is 334 g/mol. The number of hydrogen-bond donors (Lipinski definition) is 2. The lowest BCUT2D eigenvalue weighted by atomic mass is 10.1. The molecule has 2 atom stereocenters. The van der Waals surface area contributed by atoms with E-state index in [-0.39, 0.29) is 20.9 Å². The van der Waals surface area contributed by atoms with Crippen LogP contribution in [0.5, 0.6) is 0 Å². The van der Waals surface area contributed by atoms with Gasteiger partial charge in [0.15, 0.2) is 0 Å². The van der Waals surface area contributed by atoms with Gasteiger partial charge in [-0.3, -0.25) is 0 Å². The molecule has 0 amide bonds. The molecule has 0 saturated heterocycles. The van der Waals surface area contributed by atoms with Crippen molar-refractivity contribution in [3.63, 3.8) is 0 Å². The number of halogens is 4. The van der Waals surface area contributed by atoms with Crippen molar-refractivity contribution in [2.75, 3.05) is 5.33 Å². The molecular weight excluding hydrogens is 326 g/mol. The number of hydrogen-bond acceptors (Lipinski definition) is 2. The monoisotopic (exact) mass is 332 g/mol. The van der Waals surface area contributed by atoms with E-state index in [1.807, 2.05) is 0 Å². The van der Waals surface area contributed by atoms with Crippen molar-refractivity contribution in [3.8, 4) is 0 Å². The molecule has 1 aromatic rings. The summed E-state index contributed by atoms with van der Waals surface area (Å²) in [6.45, 7) is 0. The molecule has 0 saturated carbocycles. The van der Waals surface area contributed by atoms with Gasteiger partial charge in [-0.05, 0) is 12.1 Å². The fraction of sp³-hybridized carbons (Fsp3) is 0.333. The van der Waals surface area contributed by atoms with Crippen LogP contribution in [0.15, 0.2) is 12.1 Å². The van der Waals surface area contributed by atoms with Gasteiger partial charge in [0.1, 0.15) is 6.10 Å². The Bertz CT molecular complexity index is 336. The second-order valence-electron chi connectivity index (χ2n) is 2.95. The number of benzene rings is 1. The fourth-order valence-electron chi connectivity index (χ4n) is 1.11. The quantitative estimate of drug-likeness (QED) is 0.832. The number of alkyl halides is 1. The minimum Gasteiger partial charge on any atom is -0.389 e. The summed E-state index contributed by atoms with van der Waals surface area (Å²) >= 11 is 20.5. The molecule has 0 spiro atoms. The van der Waals surface area contributed by atoms with Crippen molar-refractivity contribution in [2.24, 2.45) is 0 Å². The Labute approximate surface area is 111 Å². The first-order valence-electron chi connectivity index (χ1n) is 4.04. The second-order valence-corrected chi connectivity index (χ2v) is 4.85. The van der Waals surface area contributed by atoms with E-state index in [1.165, 1.54) is 12.1 Å². The third-order valence-corrected chi connectivity index (χ3v) is 3.37. The van der Waals surface area contributed by atoms with E-state index in [4.69, 9.17) is 34.8 Å². The maximum absolute atomic E-state index is 9.75. The predicted molar refractivity (Wildman–Crippen MR) is 66.2 cm³/mol. The Hall–Kier alpha value is 0.490. The molecule has 0 heterocycles. The van der Waals surface area contributed by atoms with E-state index in [0.29, 0.717) is 5.02 Å². The standard InChI is InChI=1S/C9H8BrCl3O2/c10-3-7(14)9(15)8-5(12)1-4(11)2-6(8)13/h1-2,7,9,14-15H,3H2. The molecular formula is C9H8BrCl3O2. The fourth-order valence-corrected chi connectivity index (χ4v) is 2.51. The van der Waals surface area contributed by atoms with Crippen molar-refractivity contribution in [1.29, 1.82) is 0 Å². The summed E-state index contributed by atoms with van der Waals surface area (Å²) < 4.78 is 0. The zero-order valence-corrected chi connectivity index (χ0v) is 11.3. The van der Waals surface area contributed by atoms with Crippen LogP contribution in [0.2, 0.25) is 15.1 Å². The van der Waals surface area contributed by atoms with Crippen molar-refractivity contribution in [1.82, 2.24) is 0 Å². The third-order valence-electron chi connectivity index (χ3n) is 1.86. The molecule has 15 heavy (non-hydrogen) atoms. The molecule has 0 bridgehead atoms. The number of aliphatic hydroxyl groups is 2. The van der Waals surface area contributed by atoms with E-state index in [2.05, 4.69) is 15.9 Å². The van der Waals surface area contributed by atoms with Crippen LogP contribution in [0.25, 0.3) is 0 Å². The maximum atomic E-state index is 9.75. The lowest BCUT2D eigenvalue weighted by Crippen LogP contribution is -2.20. The highest BCUT2D eigenvalue weighted by Gasteiger charge is 2.22. The van der Waals surface area contributed by atoms with Crippen LogP contribution in [0, 0.1) is 0 Å². The molecule has 2 nitrogen and oxygen atoms in total. The zero-order chi connectivity index (χ0) is 11.6. The first kappa shape index (κ1) is 13.6. The molecule has 84 valence electrons. The van der Waals surface area contributed by atoms with Crippen molar-refractivity contribution < 1.29 is 10.2 Å². The van der Waals surface area contributed by atoms with Crippen LogP contribution in [-0.4, -0.2) is 21.6 Å². The summed E-state index contributed by atoms with van der Waals surface area (Å²) in [5, 5.41) is 20.3. The van der Waals surface area contributed by atoms with Crippen LogP contribution in [-0.2, 0) is 0 Å². The zero-order valence-electron chi connectivity index (χ0n) is 7.42. The van der Waals surface area contributed by atoms with E-state index in [1.54, 1.807) is 0 Å². The molecule has 0 aliphatic rings. The number of rotatable bonds is 3. The second kappa shape index (κ2) is 5.71. The van der Waals surface area contributed by atoms with Crippen LogP contribution in [0.1, 0.15) is 11.7 Å². The van der Waals surface area contributed by atoms with Gasteiger partial charge in [-0.2, -0.15) is 0 Å². The normalized spacial score (nSPS) is 15.1. The van der Waals surface area contributed by atoms with Gasteiger partial charge in [-0.1, -0.05) is 50.7 Å². The smallest absolute Gasteiger partial charge is 0.109 e. The summed E-state index contributed by atoms with van der Waals surface area (Å²) in [7, 11) is 0. The molecule has 1 aromatic carbocycles. The van der Waals surface area contributed by atoms with Crippen LogP contribution in [0.4, 0.5) is 0 Å². The predicted octanol–water partition coefficient (Wildman–Crippen LogP) is 3.44. The highest BCUT2D eigenvalue weighted by molar-refractivity contribution is 9.09. The van der Waals surface area contributed by atoms with E-state index < -0.39 is 12.2 Å². The Morgan fingerprint density at radius 2 is 1.60 bits per heavy atom. The molecule has 0 fully saturated rings. The molecule has 0 aliphatic carbocycles. The topological polar surface area (TPSA) is 40.5 Å². The Morgan fingerprint density at radius 1 is 1.13 bits per heavy atom. The van der Waals surface area contributed by atoms with E-state index >= 15 is 0 Å². The minimum absolute atomic E-state index is 0.226. The first-order chi connectivity index (χ1) is 6.97. The molecule has 1 rings (SSSR count). The first-order valence-corrected chi connectivity index (χ1v) is 6.29. The van der Waals surface area contributed by atoms with E-state index in [9.17, 15) is 10.2 Å². The summed E-state index contributed by atoms with van der Waals surface area (Å²) in [5.41, 5.74) is 0.287. The third kappa shape index (κ3) is 3.22. The Kier molecular flexibility index (Phi) is 5.16. The van der Waals surface area contributed by atoms with Gasteiger partial charge in [0.25, 0.3) is 0 Å². The molecule has 0 aliphatic heterocycles. The summed E-state index contributed by atoms with van der Waals surface area (Å²) in [5.74, 6) is 0. The lowest BCUT2D eigenvalue weighted by molar-refractivity contribution is 0.0344. The van der Waals surface area contributed by atoms with Gasteiger partial charge in [0, 0.05) is 26.0 Å². The summed E-state index contributed by atoms with van der Waals surface area (Å²) in [6.07, 6.45) is -2.11. The molecule has 0 aromatic heterocycles. The van der Waals surface area contributed by atoms with Gasteiger partial charge in [-0.25, -0.2) is 0 Å². The minimum atomic E-state index is -1.14.